The van der Waals surface area contributed by atoms with Gasteiger partial charge in [0.1, 0.15) is 11.5 Å². The molecule has 2 rings (SSSR count). The molecule has 0 saturated carbocycles. The lowest BCUT2D eigenvalue weighted by Gasteiger charge is -2.22. The van der Waals surface area contributed by atoms with E-state index in [-0.39, 0.29) is 12.1 Å². The highest BCUT2D eigenvalue weighted by molar-refractivity contribution is 9.10. The molecule has 2 aromatic rings. The Bertz CT molecular complexity index is 635. The fourth-order valence-corrected chi connectivity index (χ4v) is 3.12. The van der Waals surface area contributed by atoms with Gasteiger partial charge in [-0.1, -0.05) is 12.1 Å². The SMILES string of the molecule is CCOc1cc(C(N)C(N)c2ccc(Br)c(OCC)c2)ccc1Br. The van der Waals surface area contributed by atoms with Gasteiger partial charge in [-0.15, -0.1) is 0 Å². The summed E-state index contributed by atoms with van der Waals surface area (Å²) in [6.07, 6.45) is 0. The number of hydrogen-bond acceptors (Lipinski definition) is 4. The van der Waals surface area contributed by atoms with Crippen molar-refractivity contribution in [1.82, 2.24) is 0 Å². The molecule has 130 valence electrons. The van der Waals surface area contributed by atoms with Crippen LogP contribution in [0, 0.1) is 0 Å². The Hall–Kier alpha value is -1.08. The molecule has 4 nitrogen and oxygen atoms in total. The van der Waals surface area contributed by atoms with Crippen LogP contribution in [0.3, 0.4) is 0 Å². The molecule has 0 radical (unpaired) electrons. The van der Waals surface area contributed by atoms with E-state index in [0.717, 1.165) is 31.6 Å². The molecular formula is C18H22Br2N2O2. The number of halogens is 2. The summed E-state index contributed by atoms with van der Waals surface area (Å²) >= 11 is 6.96. The maximum absolute atomic E-state index is 6.40. The summed E-state index contributed by atoms with van der Waals surface area (Å²) in [6, 6.07) is 10.9. The van der Waals surface area contributed by atoms with Gasteiger partial charge in [0.05, 0.1) is 22.2 Å². The summed E-state index contributed by atoms with van der Waals surface area (Å²) in [5.74, 6) is 1.53. The van der Waals surface area contributed by atoms with E-state index in [0.29, 0.717) is 13.2 Å². The second kappa shape index (κ2) is 8.85. The van der Waals surface area contributed by atoms with E-state index in [1.165, 1.54) is 0 Å². The normalized spacial score (nSPS) is 13.4. The maximum atomic E-state index is 6.40. The van der Waals surface area contributed by atoms with Crippen LogP contribution in [0.1, 0.15) is 37.1 Å². The maximum Gasteiger partial charge on any atom is 0.133 e. The molecule has 0 aliphatic heterocycles. The molecule has 6 heteroatoms. The molecule has 0 saturated heterocycles. The first-order valence-corrected chi connectivity index (χ1v) is 9.42. The van der Waals surface area contributed by atoms with Crippen LogP contribution in [0.2, 0.25) is 0 Å². The van der Waals surface area contributed by atoms with Crippen LogP contribution in [-0.4, -0.2) is 13.2 Å². The van der Waals surface area contributed by atoms with Crippen LogP contribution in [0.25, 0.3) is 0 Å². The molecule has 0 aliphatic rings. The summed E-state index contributed by atoms with van der Waals surface area (Å²) in [5.41, 5.74) is 14.7. The third kappa shape index (κ3) is 4.51. The van der Waals surface area contributed by atoms with E-state index < -0.39 is 0 Å². The van der Waals surface area contributed by atoms with E-state index in [1.807, 2.05) is 50.2 Å². The zero-order valence-corrected chi connectivity index (χ0v) is 16.9. The standard InChI is InChI=1S/C18H22Br2N2O2/c1-3-23-15-9-11(5-7-13(15)19)17(21)18(22)12-6-8-14(20)16(10-12)24-4-2/h5-10,17-18H,3-4,21-22H2,1-2H3. The quantitative estimate of drug-likeness (QED) is 0.631. The molecule has 0 fully saturated rings. The summed E-state index contributed by atoms with van der Waals surface area (Å²) < 4.78 is 13.0. The Morgan fingerprint density at radius 1 is 0.792 bits per heavy atom. The average molecular weight is 458 g/mol. The molecule has 0 amide bonds. The van der Waals surface area contributed by atoms with E-state index in [2.05, 4.69) is 31.9 Å². The first kappa shape index (κ1) is 19.2. The third-order valence-corrected chi connectivity index (χ3v) is 4.98. The summed E-state index contributed by atoms with van der Waals surface area (Å²) in [6.45, 7) is 5.07. The Morgan fingerprint density at radius 2 is 1.17 bits per heavy atom. The highest BCUT2D eigenvalue weighted by Gasteiger charge is 2.20. The lowest BCUT2D eigenvalue weighted by Crippen LogP contribution is -2.26. The molecule has 0 spiro atoms. The summed E-state index contributed by atoms with van der Waals surface area (Å²) in [4.78, 5) is 0. The van der Waals surface area contributed by atoms with Crippen molar-refractivity contribution in [2.75, 3.05) is 13.2 Å². The second-order valence-corrected chi connectivity index (χ2v) is 7.01. The number of hydrogen-bond donors (Lipinski definition) is 2. The molecular weight excluding hydrogens is 436 g/mol. The minimum Gasteiger partial charge on any atom is -0.493 e. The predicted octanol–water partition coefficient (Wildman–Crippen LogP) is 4.71. The zero-order valence-electron chi connectivity index (χ0n) is 13.8. The van der Waals surface area contributed by atoms with Gasteiger partial charge in [-0.2, -0.15) is 0 Å². The Labute approximate surface area is 159 Å². The van der Waals surface area contributed by atoms with Gasteiger partial charge in [-0.25, -0.2) is 0 Å². The molecule has 2 aromatic carbocycles. The van der Waals surface area contributed by atoms with Gasteiger partial charge in [0, 0.05) is 12.1 Å². The van der Waals surface area contributed by atoms with Crippen molar-refractivity contribution in [3.63, 3.8) is 0 Å². The van der Waals surface area contributed by atoms with E-state index in [9.17, 15) is 0 Å². The highest BCUT2D eigenvalue weighted by Crippen LogP contribution is 2.34. The monoisotopic (exact) mass is 456 g/mol. The molecule has 2 unspecified atom stereocenters. The van der Waals surface area contributed by atoms with Crippen molar-refractivity contribution in [3.8, 4) is 11.5 Å². The molecule has 0 bridgehead atoms. The van der Waals surface area contributed by atoms with Crippen LogP contribution >= 0.6 is 31.9 Å². The zero-order chi connectivity index (χ0) is 17.7. The average Bonchev–Trinajstić information content (AvgIpc) is 2.58. The Balaban J connectivity index is 2.27. The highest BCUT2D eigenvalue weighted by atomic mass is 79.9. The molecule has 24 heavy (non-hydrogen) atoms. The first-order chi connectivity index (χ1) is 11.5. The molecule has 0 aliphatic carbocycles. The topological polar surface area (TPSA) is 70.5 Å². The number of ether oxygens (including phenoxy) is 2. The van der Waals surface area contributed by atoms with Crippen LogP contribution in [-0.2, 0) is 0 Å². The number of benzene rings is 2. The Kier molecular flexibility index (Phi) is 7.10. The van der Waals surface area contributed by atoms with E-state index in [4.69, 9.17) is 20.9 Å². The smallest absolute Gasteiger partial charge is 0.133 e. The van der Waals surface area contributed by atoms with E-state index >= 15 is 0 Å². The number of nitrogens with two attached hydrogens (primary N) is 2. The van der Waals surface area contributed by atoms with Crippen LogP contribution in [0.4, 0.5) is 0 Å². The van der Waals surface area contributed by atoms with Gasteiger partial charge in [0.25, 0.3) is 0 Å². The van der Waals surface area contributed by atoms with Gasteiger partial charge >= 0.3 is 0 Å². The molecule has 0 heterocycles. The predicted molar refractivity (Wildman–Crippen MR) is 104 cm³/mol. The minimum atomic E-state index is -0.354. The van der Waals surface area contributed by atoms with Gasteiger partial charge in [-0.3, -0.25) is 0 Å². The van der Waals surface area contributed by atoms with Crippen LogP contribution in [0.15, 0.2) is 45.3 Å². The third-order valence-electron chi connectivity index (χ3n) is 3.67. The first-order valence-electron chi connectivity index (χ1n) is 7.83. The van der Waals surface area contributed by atoms with Crippen molar-refractivity contribution in [2.45, 2.75) is 25.9 Å². The van der Waals surface area contributed by atoms with Gasteiger partial charge < -0.3 is 20.9 Å². The van der Waals surface area contributed by atoms with Crippen LogP contribution in [0.5, 0.6) is 11.5 Å². The fraction of sp³-hybridized carbons (Fsp3) is 0.333. The van der Waals surface area contributed by atoms with Gasteiger partial charge in [-0.05, 0) is 81.1 Å². The number of rotatable bonds is 7. The van der Waals surface area contributed by atoms with Crippen molar-refractivity contribution < 1.29 is 9.47 Å². The van der Waals surface area contributed by atoms with Gasteiger partial charge in [0.15, 0.2) is 0 Å². The van der Waals surface area contributed by atoms with E-state index in [1.54, 1.807) is 0 Å². The van der Waals surface area contributed by atoms with Gasteiger partial charge in [0.2, 0.25) is 0 Å². The van der Waals surface area contributed by atoms with Crippen molar-refractivity contribution in [1.29, 1.82) is 0 Å². The minimum absolute atomic E-state index is 0.354. The lowest BCUT2D eigenvalue weighted by molar-refractivity contribution is 0.336. The van der Waals surface area contributed by atoms with Crippen molar-refractivity contribution in [2.24, 2.45) is 11.5 Å². The van der Waals surface area contributed by atoms with Crippen LogP contribution < -0.4 is 20.9 Å². The Morgan fingerprint density at radius 3 is 1.50 bits per heavy atom. The largest absolute Gasteiger partial charge is 0.493 e. The molecule has 4 N–H and O–H groups in total. The second-order valence-electron chi connectivity index (χ2n) is 5.30. The fourth-order valence-electron chi connectivity index (χ4n) is 2.40. The summed E-state index contributed by atoms with van der Waals surface area (Å²) in [7, 11) is 0. The van der Waals surface area contributed by atoms with Crippen molar-refractivity contribution >= 4 is 31.9 Å². The summed E-state index contributed by atoms with van der Waals surface area (Å²) in [5, 5.41) is 0. The molecule has 0 aromatic heterocycles. The molecule has 2 atom stereocenters. The lowest BCUT2D eigenvalue weighted by atomic mass is 9.94. The van der Waals surface area contributed by atoms with Crippen molar-refractivity contribution in [3.05, 3.63) is 56.5 Å².